The highest BCUT2D eigenvalue weighted by Crippen LogP contribution is 2.22. The second kappa shape index (κ2) is 4.71. The summed E-state index contributed by atoms with van der Waals surface area (Å²) in [5.41, 5.74) is 1.13. The zero-order chi connectivity index (χ0) is 11.5. The van der Waals surface area contributed by atoms with Crippen LogP contribution in [-0.2, 0) is 6.54 Å². The van der Waals surface area contributed by atoms with Gasteiger partial charge in [-0.1, -0.05) is 11.3 Å². The first kappa shape index (κ1) is 11.2. The molecule has 2 rings (SSSR count). The molecule has 0 aliphatic rings. The van der Waals surface area contributed by atoms with Crippen LogP contribution in [0.1, 0.15) is 5.69 Å². The Morgan fingerprint density at radius 2 is 2.31 bits per heavy atom. The molecule has 0 atom stereocenters. The molecule has 0 aliphatic carbocycles. The fourth-order valence-corrected chi connectivity index (χ4v) is 1.90. The monoisotopic (exact) mass is 284 g/mol. The van der Waals surface area contributed by atoms with E-state index in [4.69, 9.17) is 0 Å². The Balaban J connectivity index is 2.42. The Bertz CT molecular complexity index is 477. The zero-order valence-corrected chi connectivity index (χ0v) is 10.2. The minimum atomic E-state index is -0.338. The highest BCUT2D eigenvalue weighted by Gasteiger charge is 2.10. The molecule has 0 amide bonds. The van der Waals surface area contributed by atoms with E-state index in [1.54, 1.807) is 18.3 Å². The summed E-state index contributed by atoms with van der Waals surface area (Å²) >= 11 is 3.29. The molecule has 2 aromatic rings. The van der Waals surface area contributed by atoms with Crippen LogP contribution < -0.4 is 5.32 Å². The van der Waals surface area contributed by atoms with Gasteiger partial charge in [-0.15, -0.1) is 5.10 Å². The lowest BCUT2D eigenvalue weighted by atomic mass is 10.3. The van der Waals surface area contributed by atoms with Gasteiger partial charge in [0.05, 0.1) is 11.9 Å². The van der Waals surface area contributed by atoms with Crippen molar-refractivity contribution in [2.24, 2.45) is 0 Å². The van der Waals surface area contributed by atoms with E-state index < -0.39 is 0 Å². The Hall–Kier alpha value is -1.27. The van der Waals surface area contributed by atoms with E-state index in [0.29, 0.717) is 16.7 Å². The number of hydrogen-bond donors (Lipinski definition) is 1. The predicted octanol–water partition coefficient (Wildman–Crippen LogP) is 1.89. The molecule has 1 heterocycles. The standard InChI is InChI=1S/C10H10BrFN4/c1-13-5-7-6-16(15-14-7)10-8(11)3-2-4-9(10)12/h2-4,6,13H,5H2,1H3. The summed E-state index contributed by atoms with van der Waals surface area (Å²) in [7, 11) is 1.82. The van der Waals surface area contributed by atoms with E-state index in [1.807, 2.05) is 7.05 Å². The normalized spacial score (nSPS) is 10.7. The molecule has 0 saturated heterocycles. The van der Waals surface area contributed by atoms with Crippen LogP contribution in [0.4, 0.5) is 4.39 Å². The molecule has 16 heavy (non-hydrogen) atoms. The summed E-state index contributed by atoms with van der Waals surface area (Å²) in [5.74, 6) is -0.338. The average molecular weight is 285 g/mol. The Morgan fingerprint density at radius 3 is 3.00 bits per heavy atom. The largest absolute Gasteiger partial charge is 0.314 e. The average Bonchev–Trinajstić information content (AvgIpc) is 2.67. The zero-order valence-electron chi connectivity index (χ0n) is 8.61. The SMILES string of the molecule is CNCc1cn(-c2c(F)cccc2Br)nn1. The molecular formula is C10H10BrFN4. The van der Waals surface area contributed by atoms with Crippen LogP contribution in [0, 0.1) is 5.82 Å². The fraction of sp³-hybridized carbons (Fsp3) is 0.200. The molecular weight excluding hydrogens is 275 g/mol. The van der Waals surface area contributed by atoms with E-state index in [-0.39, 0.29) is 5.82 Å². The highest BCUT2D eigenvalue weighted by atomic mass is 79.9. The minimum Gasteiger partial charge on any atom is -0.314 e. The van der Waals surface area contributed by atoms with Crippen LogP contribution in [0.5, 0.6) is 0 Å². The van der Waals surface area contributed by atoms with E-state index in [1.165, 1.54) is 10.7 Å². The van der Waals surface area contributed by atoms with Gasteiger partial charge in [0, 0.05) is 11.0 Å². The van der Waals surface area contributed by atoms with Crippen molar-refractivity contribution >= 4 is 15.9 Å². The lowest BCUT2D eigenvalue weighted by molar-refractivity contribution is 0.605. The second-order valence-electron chi connectivity index (χ2n) is 3.26. The molecule has 0 unspecified atom stereocenters. The number of halogens is 2. The van der Waals surface area contributed by atoms with Gasteiger partial charge in [0.15, 0.2) is 0 Å². The molecule has 0 fully saturated rings. The number of benzene rings is 1. The molecule has 84 valence electrons. The van der Waals surface area contributed by atoms with Crippen LogP contribution in [0.3, 0.4) is 0 Å². The molecule has 0 saturated carbocycles. The molecule has 0 bridgehead atoms. The van der Waals surface area contributed by atoms with Crippen LogP contribution in [0.2, 0.25) is 0 Å². The summed E-state index contributed by atoms with van der Waals surface area (Å²) in [6.07, 6.45) is 1.69. The van der Waals surface area contributed by atoms with Gasteiger partial charge in [0.25, 0.3) is 0 Å². The van der Waals surface area contributed by atoms with Gasteiger partial charge in [-0.05, 0) is 35.1 Å². The number of nitrogens with one attached hydrogen (secondary N) is 1. The maximum atomic E-state index is 13.6. The van der Waals surface area contributed by atoms with Crippen molar-refractivity contribution in [1.82, 2.24) is 20.3 Å². The van der Waals surface area contributed by atoms with Crippen molar-refractivity contribution in [3.8, 4) is 5.69 Å². The van der Waals surface area contributed by atoms with Gasteiger partial charge in [-0.2, -0.15) is 0 Å². The van der Waals surface area contributed by atoms with Gasteiger partial charge in [-0.3, -0.25) is 0 Å². The van der Waals surface area contributed by atoms with Crippen LogP contribution >= 0.6 is 15.9 Å². The molecule has 4 nitrogen and oxygen atoms in total. The number of para-hydroxylation sites is 1. The van der Waals surface area contributed by atoms with Crippen LogP contribution in [0.15, 0.2) is 28.9 Å². The lowest BCUT2D eigenvalue weighted by Crippen LogP contribution is -2.05. The van der Waals surface area contributed by atoms with Gasteiger partial charge >= 0.3 is 0 Å². The Labute approximate surface area is 101 Å². The molecule has 0 spiro atoms. The molecule has 1 N–H and O–H groups in total. The minimum absolute atomic E-state index is 0.338. The third-order valence-corrected chi connectivity index (χ3v) is 2.71. The summed E-state index contributed by atoms with van der Waals surface area (Å²) < 4.78 is 15.7. The Morgan fingerprint density at radius 1 is 1.50 bits per heavy atom. The number of aromatic nitrogens is 3. The molecule has 0 radical (unpaired) electrons. The van der Waals surface area contributed by atoms with Gasteiger partial charge in [0.2, 0.25) is 0 Å². The van der Waals surface area contributed by atoms with Gasteiger partial charge < -0.3 is 5.32 Å². The third-order valence-electron chi connectivity index (χ3n) is 2.07. The molecule has 1 aromatic carbocycles. The van der Waals surface area contributed by atoms with Gasteiger partial charge in [0.1, 0.15) is 11.5 Å². The first-order chi connectivity index (χ1) is 7.72. The van der Waals surface area contributed by atoms with E-state index in [2.05, 4.69) is 31.6 Å². The van der Waals surface area contributed by atoms with Crippen LogP contribution in [0.25, 0.3) is 5.69 Å². The maximum Gasteiger partial charge on any atom is 0.150 e. The van der Waals surface area contributed by atoms with Crippen molar-refractivity contribution < 1.29 is 4.39 Å². The van der Waals surface area contributed by atoms with Crippen molar-refractivity contribution in [2.75, 3.05) is 7.05 Å². The highest BCUT2D eigenvalue weighted by molar-refractivity contribution is 9.10. The summed E-state index contributed by atoms with van der Waals surface area (Å²) in [6, 6.07) is 4.78. The van der Waals surface area contributed by atoms with Crippen molar-refractivity contribution in [2.45, 2.75) is 6.54 Å². The van der Waals surface area contributed by atoms with Gasteiger partial charge in [-0.25, -0.2) is 9.07 Å². The number of nitrogens with zero attached hydrogens (tertiary/aromatic N) is 3. The second-order valence-corrected chi connectivity index (χ2v) is 4.11. The quantitative estimate of drug-likeness (QED) is 0.936. The lowest BCUT2D eigenvalue weighted by Gasteiger charge is -2.03. The summed E-state index contributed by atoms with van der Waals surface area (Å²) in [4.78, 5) is 0. The molecule has 1 aromatic heterocycles. The fourth-order valence-electron chi connectivity index (χ4n) is 1.38. The third kappa shape index (κ3) is 2.12. The van der Waals surface area contributed by atoms with E-state index in [0.717, 1.165) is 5.69 Å². The van der Waals surface area contributed by atoms with Crippen molar-refractivity contribution in [3.05, 3.63) is 40.4 Å². The number of rotatable bonds is 3. The smallest absolute Gasteiger partial charge is 0.150 e. The van der Waals surface area contributed by atoms with E-state index >= 15 is 0 Å². The Kier molecular flexibility index (Phi) is 3.31. The maximum absolute atomic E-state index is 13.6. The number of hydrogen-bond acceptors (Lipinski definition) is 3. The van der Waals surface area contributed by atoms with Crippen LogP contribution in [-0.4, -0.2) is 22.0 Å². The predicted molar refractivity (Wildman–Crippen MR) is 61.8 cm³/mol. The first-order valence-electron chi connectivity index (χ1n) is 4.72. The molecule has 6 heteroatoms. The first-order valence-corrected chi connectivity index (χ1v) is 5.52. The van der Waals surface area contributed by atoms with Crippen molar-refractivity contribution in [3.63, 3.8) is 0 Å². The van der Waals surface area contributed by atoms with Crippen molar-refractivity contribution in [1.29, 1.82) is 0 Å². The van der Waals surface area contributed by atoms with E-state index in [9.17, 15) is 4.39 Å². The molecule has 0 aliphatic heterocycles. The topological polar surface area (TPSA) is 42.7 Å². The summed E-state index contributed by atoms with van der Waals surface area (Å²) in [6.45, 7) is 0.603. The summed E-state index contributed by atoms with van der Waals surface area (Å²) in [5, 5.41) is 10.8.